The minimum absolute atomic E-state index is 0.273. The van der Waals surface area contributed by atoms with E-state index in [1.807, 2.05) is 23.1 Å². The third-order valence-corrected chi connectivity index (χ3v) is 5.59. The van der Waals surface area contributed by atoms with Crippen molar-refractivity contribution in [3.63, 3.8) is 0 Å². The number of carbonyl (C=O) groups excluding carboxylic acids is 1. The molecule has 5 nitrogen and oxygen atoms in total. The number of methoxy groups -OCH3 is 2. The van der Waals surface area contributed by atoms with Gasteiger partial charge in [-0.15, -0.1) is 11.8 Å². The summed E-state index contributed by atoms with van der Waals surface area (Å²) in [6.45, 7) is 6.03. The van der Waals surface area contributed by atoms with Gasteiger partial charge in [-0.3, -0.25) is 4.79 Å². The molecule has 0 unspecified atom stereocenters. The number of hydrogen-bond acceptors (Lipinski definition) is 5. The Morgan fingerprint density at radius 2 is 1.96 bits per heavy atom. The van der Waals surface area contributed by atoms with Gasteiger partial charge in [0.25, 0.3) is 0 Å². The third kappa shape index (κ3) is 6.12. The van der Waals surface area contributed by atoms with Crippen molar-refractivity contribution in [3.05, 3.63) is 18.2 Å². The van der Waals surface area contributed by atoms with Crippen LogP contribution in [0.25, 0.3) is 0 Å². The third-order valence-electron chi connectivity index (χ3n) is 4.59. The van der Waals surface area contributed by atoms with Crippen LogP contribution < -0.4 is 14.8 Å². The molecule has 1 N–H and O–H groups in total. The van der Waals surface area contributed by atoms with Gasteiger partial charge in [-0.2, -0.15) is 0 Å². The molecule has 0 saturated carbocycles. The van der Waals surface area contributed by atoms with E-state index in [2.05, 4.69) is 12.2 Å². The van der Waals surface area contributed by atoms with Gasteiger partial charge in [-0.25, -0.2) is 0 Å². The summed E-state index contributed by atoms with van der Waals surface area (Å²) in [6.07, 6.45) is 2.81. The highest BCUT2D eigenvalue weighted by molar-refractivity contribution is 7.99. The molecule has 0 atom stereocenters. The SMILES string of the molecule is CCNCC1CCN(C(=O)CCSc2ccc(OC)c(OC)c2)CC1. The van der Waals surface area contributed by atoms with Gasteiger partial charge < -0.3 is 19.7 Å². The Kier molecular flexibility index (Phi) is 8.41. The summed E-state index contributed by atoms with van der Waals surface area (Å²) < 4.78 is 10.6. The second-order valence-electron chi connectivity index (χ2n) is 6.25. The molecule has 1 saturated heterocycles. The average molecular weight is 367 g/mol. The first kappa shape index (κ1) is 19.9. The lowest BCUT2D eigenvalue weighted by atomic mass is 9.96. The van der Waals surface area contributed by atoms with Crippen molar-refractivity contribution in [1.82, 2.24) is 10.2 Å². The van der Waals surface area contributed by atoms with E-state index in [0.717, 1.165) is 61.2 Å². The standard InChI is InChI=1S/C19H30N2O3S/c1-4-20-14-15-7-10-21(11-8-15)19(22)9-12-25-16-5-6-17(23-2)18(13-16)24-3/h5-6,13,15,20H,4,7-12,14H2,1-3H3. The summed E-state index contributed by atoms with van der Waals surface area (Å²) in [5, 5.41) is 3.41. The van der Waals surface area contributed by atoms with E-state index in [0.29, 0.717) is 12.3 Å². The van der Waals surface area contributed by atoms with E-state index in [4.69, 9.17) is 9.47 Å². The van der Waals surface area contributed by atoms with Gasteiger partial charge in [0.1, 0.15) is 0 Å². The minimum atomic E-state index is 0.273. The maximum absolute atomic E-state index is 12.4. The monoisotopic (exact) mass is 366 g/mol. The second-order valence-corrected chi connectivity index (χ2v) is 7.42. The Bertz CT molecular complexity index is 545. The molecular weight excluding hydrogens is 336 g/mol. The van der Waals surface area contributed by atoms with Crippen LogP contribution in [-0.4, -0.2) is 57.0 Å². The molecule has 1 amide bonds. The number of benzene rings is 1. The van der Waals surface area contributed by atoms with Crippen molar-refractivity contribution in [2.24, 2.45) is 5.92 Å². The summed E-state index contributed by atoms with van der Waals surface area (Å²) in [6, 6.07) is 5.86. The van der Waals surface area contributed by atoms with E-state index in [-0.39, 0.29) is 5.91 Å². The summed E-state index contributed by atoms with van der Waals surface area (Å²) in [5.74, 6) is 3.22. The highest BCUT2D eigenvalue weighted by Gasteiger charge is 2.22. The number of rotatable bonds is 9. The number of amides is 1. The molecule has 0 bridgehead atoms. The average Bonchev–Trinajstić information content (AvgIpc) is 2.66. The number of thioether (sulfide) groups is 1. The molecular formula is C19H30N2O3S. The van der Waals surface area contributed by atoms with E-state index in [1.54, 1.807) is 26.0 Å². The lowest BCUT2D eigenvalue weighted by Crippen LogP contribution is -2.40. The first-order valence-corrected chi connectivity index (χ1v) is 9.99. The molecule has 1 fully saturated rings. The number of hydrogen-bond donors (Lipinski definition) is 1. The zero-order chi connectivity index (χ0) is 18.1. The Labute approximate surface area is 155 Å². The molecule has 25 heavy (non-hydrogen) atoms. The Balaban J connectivity index is 1.72. The van der Waals surface area contributed by atoms with Crippen LogP contribution in [0.5, 0.6) is 11.5 Å². The Morgan fingerprint density at radius 3 is 2.60 bits per heavy atom. The number of carbonyl (C=O) groups is 1. The molecule has 1 heterocycles. The first-order chi connectivity index (χ1) is 12.2. The summed E-state index contributed by atoms with van der Waals surface area (Å²) in [4.78, 5) is 15.5. The van der Waals surface area contributed by atoms with Crippen molar-refractivity contribution in [2.45, 2.75) is 31.1 Å². The molecule has 0 spiro atoms. The van der Waals surface area contributed by atoms with Crippen LogP contribution in [0.4, 0.5) is 0 Å². The Morgan fingerprint density at radius 1 is 1.24 bits per heavy atom. The molecule has 1 aliphatic rings. The van der Waals surface area contributed by atoms with Crippen molar-refractivity contribution in [2.75, 3.05) is 46.2 Å². The Hall–Kier alpha value is -1.40. The fourth-order valence-corrected chi connectivity index (χ4v) is 3.92. The maximum atomic E-state index is 12.4. The molecule has 1 aliphatic heterocycles. The van der Waals surface area contributed by atoms with Gasteiger partial charge in [0.2, 0.25) is 5.91 Å². The number of likely N-dealkylation sites (tertiary alicyclic amines) is 1. The number of nitrogens with zero attached hydrogens (tertiary/aromatic N) is 1. The quantitative estimate of drug-likeness (QED) is 0.681. The fourth-order valence-electron chi connectivity index (χ4n) is 3.06. The van der Waals surface area contributed by atoms with E-state index >= 15 is 0 Å². The molecule has 2 rings (SSSR count). The van der Waals surface area contributed by atoms with Gasteiger partial charge >= 0.3 is 0 Å². The zero-order valence-corrected chi connectivity index (χ0v) is 16.4. The van der Waals surface area contributed by atoms with E-state index in [1.165, 1.54) is 0 Å². The van der Waals surface area contributed by atoms with Crippen LogP contribution in [-0.2, 0) is 4.79 Å². The van der Waals surface area contributed by atoms with Gasteiger partial charge in [-0.1, -0.05) is 6.92 Å². The topological polar surface area (TPSA) is 50.8 Å². The van der Waals surface area contributed by atoms with Crippen molar-refractivity contribution >= 4 is 17.7 Å². The molecule has 140 valence electrons. The highest BCUT2D eigenvalue weighted by Crippen LogP contribution is 2.32. The van der Waals surface area contributed by atoms with Crippen molar-refractivity contribution in [3.8, 4) is 11.5 Å². The van der Waals surface area contributed by atoms with Gasteiger partial charge in [0.15, 0.2) is 11.5 Å². The molecule has 0 aromatic heterocycles. The largest absolute Gasteiger partial charge is 0.493 e. The predicted molar refractivity (Wildman–Crippen MR) is 103 cm³/mol. The summed E-state index contributed by atoms with van der Waals surface area (Å²) in [7, 11) is 3.26. The second kappa shape index (κ2) is 10.6. The van der Waals surface area contributed by atoms with Crippen LogP contribution in [0.15, 0.2) is 23.1 Å². The zero-order valence-electron chi connectivity index (χ0n) is 15.5. The van der Waals surface area contributed by atoms with Crippen LogP contribution >= 0.6 is 11.8 Å². The lowest BCUT2D eigenvalue weighted by Gasteiger charge is -2.32. The van der Waals surface area contributed by atoms with Crippen molar-refractivity contribution in [1.29, 1.82) is 0 Å². The van der Waals surface area contributed by atoms with E-state index in [9.17, 15) is 4.79 Å². The first-order valence-electron chi connectivity index (χ1n) is 9.01. The summed E-state index contributed by atoms with van der Waals surface area (Å²) in [5.41, 5.74) is 0. The van der Waals surface area contributed by atoms with Gasteiger partial charge in [-0.05, 0) is 50.0 Å². The smallest absolute Gasteiger partial charge is 0.223 e. The van der Waals surface area contributed by atoms with E-state index < -0.39 is 0 Å². The minimum Gasteiger partial charge on any atom is -0.493 e. The molecule has 6 heteroatoms. The molecule has 1 aromatic carbocycles. The highest BCUT2D eigenvalue weighted by atomic mass is 32.2. The van der Waals surface area contributed by atoms with Crippen molar-refractivity contribution < 1.29 is 14.3 Å². The number of piperidine rings is 1. The van der Waals surface area contributed by atoms with Crippen LogP contribution in [0.3, 0.4) is 0 Å². The number of nitrogens with one attached hydrogen (secondary N) is 1. The molecule has 0 aliphatic carbocycles. The summed E-state index contributed by atoms with van der Waals surface area (Å²) >= 11 is 1.68. The fraction of sp³-hybridized carbons (Fsp3) is 0.632. The lowest BCUT2D eigenvalue weighted by molar-refractivity contribution is -0.132. The van der Waals surface area contributed by atoms with Crippen LogP contribution in [0, 0.1) is 5.92 Å². The van der Waals surface area contributed by atoms with Gasteiger partial charge in [0.05, 0.1) is 14.2 Å². The maximum Gasteiger partial charge on any atom is 0.223 e. The van der Waals surface area contributed by atoms with Crippen LogP contribution in [0.2, 0.25) is 0 Å². The van der Waals surface area contributed by atoms with Crippen LogP contribution in [0.1, 0.15) is 26.2 Å². The number of ether oxygens (including phenoxy) is 2. The molecule has 1 aromatic rings. The molecule has 0 radical (unpaired) electrons. The predicted octanol–water partition coefficient (Wildman–Crippen LogP) is 3.03. The normalized spacial score (nSPS) is 15.2. The van der Waals surface area contributed by atoms with Gasteiger partial charge in [0, 0.05) is 30.2 Å².